The third-order valence-electron chi connectivity index (χ3n) is 3.48. The lowest BCUT2D eigenvalue weighted by Gasteiger charge is -2.22. The lowest BCUT2D eigenvalue weighted by molar-refractivity contribution is 0.0156. The molecule has 3 nitrogen and oxygen atoms in total. The van der Waals surface area contributed by atoms with Crippen molar-refractivity contribution < 1.29 is 4.74 Å². The number of aryl methyl sites for hydroxylation is 1. The molecule has 2 rings (SSSR count). The van der Waals surface area contributed by atoms with Crippen LogP contribution in [0.15, 0.2) is 0 Å². The van der Waals surface area contributed by atoms with Crippen LogP contribution in [-0.4, -0.2) is 22.7 Å². The van der Waals surface area contributed by atoms with Crippen molar-refractivity contribution in [3.8, 4) is 0 Å². The van der Waals surface area contributed by atoms with E-state index in [1.54, 1.807) is 0 Å². The number of ether oxygens (including phenoxy) is 1. The highest BCUT2D eigenvalue weighted by Crippen LogP contribution is 2.20. The fraction of sp³-hybridized carbons (Fsp3) is 0.714. The molecule has 100 valence electrons. The lowest BCUT2D eigenvalue weighted by atomic mass is 10.0. The van der Waals surface area contributed by atoms with Gasteiger partial charge in [-0.1, -0.05) is 26.1 Å². The fourth-order valence-corrected chi connectivity index (χ4v) is 3.11. The number of aromatic nitrogens is 2. The molecule has 1 fully saturated rings. The summed E-state index contributed by atoms with van der Waals surface area (Å²) in [7, 11) is 0. The molecule has 1 unspecified atom stereocenters. The maximum absolute atomic E-state index is 5.75. The number of rotatable bonds is 3. The van der Waals surface area contributed by atoms with Crippen LogP contribution in [0.25, 0.3) is 0 Å². The van der Waals surface area contributed by atoms with Gasteiger partial charge in [-0.15, -0.1) is 0 Å². The molecule has 0 bridgehead atoms. The van der Waals surface area contributed by atoms with E-state index in [4.69, 9.17) is 17.0 Å². The van der Waals surface area contributed by atoms with Crippen molar-refractivity contribution in [2.45, 2.75) is 58.5 Å². The highest BCUT2D eigenvalue weighted by atomic mass is 32.1. The van der Waals surface area contributed by atoms with Crippen molar-refractivity contribution in [1.29, 1.82) is 0 Å². The summed E-state index contributed by atoms with van der Waals surface area (Å²) in [5.74, 6) is 1.38. The van der Waals surface area contributed by atoms with E-state index in [1.165, 1.54) is 18.4 Å². The van der Waals surface area contributed by atoms with Gasteiger partial charge in [-0.25, -0.2) is 4.98 Å². The van der Waals surface area contributed by atoms with Gasteiger partial charge in [-0.2, -0.15) is 0 Å². The molecule has 0 amide bonds. The summed E-state index contributed by atoms with van der Waals surface area (Å²) in [5, 5.41) is 0. The maximum atomic E-state index is 5.75. The van der Waals surface area contributed by atoms with E-state index in [-0.39, 0.29) is 0 Å². The van der Waals surface area contributed by atoms with Gasteiger partial charge in [-0.3, -0.25) is 0 Å². The first kappa shape index (κ1) is 13.7. The highest BCUT2D eigenvalue weighted by molar-refractivity contribution is 7.71. The van der Waals surface area contributed by atoms with Crippen molar-refractivity contribution in [1.82, 2.24) is 9.97 Å². The maximum Gasteiger partial charge on any atom is 0.133 e. The SMILES string of the molecule is Cc1[nH]c(CC2CCCCO2)nc(=S)c1C(C)C. The number of nitrogens with one attached hydrogen (secondary N) is 1. The van der Waals surface area contributed by atoms with Crippen molar-refractivity contribution in [2.75, 3.05) is 6.61 Å². The molecule has 1 atom stereocenters. The largest absolute Gasteiger partial charge is 0.378 e. The minimum atomic E-state index is 0.307. The summed E-state index contributed by atoms with van der Waals surface area (Å²) in [6, 6.07) is 0. The summed E-state index contributed by atoms with van der Waals surface area (Å²) < 4.78 is 6.49. The summed E-state index contributed by atoms with van der Waals surface area (Å²) in [6.07, 6.45) is 4.73. The molecule has 18 heavy (non-hydrogen) atoms. The number of hydrogen-bond acceptors (Lipinski definition) is 3. The van der Waals surface area contributed by atoms with Crippen LogP contribution < -0.4 is 0 Å². The van der Waals surface area contributed by atoms with Crippen LogP contribution in [0.2, 0.25) is 0 Å². The van der Waals surface area contributed by atoms with Gasteiger partial charge in [0, 0.05) is 24.3 Å². The number of hydrogen-bond donors (Lipinski definition) is 1. The smallest absolute Gasteiger partial charge is 0.133 e. The average Bonchev–Trinajstić information content (AvgIpc) is 2.28. The first-order valence-corrected chi connectivity index (χ1v) is 7.20. The molecule has 0 aliphatic carbocycles. The number of nitrogens with zero attached hydrogens (tertiary/aromatic N) is 1. The van der Waals surface area contributed by atoms with Gasteiger partial charge in [0.2, 0.25) is 0 Å². The predicted molar refractivity (Wildman–Crippen MR) is 75.5 cm³/mol. The number of aromatic amines is 1. The van der Waals surface area contributed by atoms with E-state index >= 15 is 0 Å². The minimum absolute atomic E-state index is 0.307. The van der Waals surface area contributed by atoms with Gasteiger partial charge in [-0.05, 0) is 32.1 Å². The van der Waals surface area contributed by atoms with Crippen LogP contribution >= 0.6 is 12.2 Å². The molecule has 0 spiro atoms. The summed E-state index contributed by atoms with van der Waals surface area (Å²) in [5.41, 5.74) is 2.31. The molecule has 0 saturated carbocycles. The second-order valence-corrected chi connectivity index (χ2v) is 5.76. The van der Waals surface area contributed by atoms with Crippen molar-refractivity contribution in [3.63, 3.8) is 0 Å². The Kier molecular flexibility index (Phi) is 4.51. The van der Waals surface area contributed by atoms with Gasteiger partial charge >= 0.3 is 0 Å². The summed E-state index contributed by atoms with van der Waals surface area (Å²) in [4.78, 5) is 7.92. The Labute approximate surface area is 114 Å². The van der Waals surface area contributed by atoms with E-state index in [0.717, 1.165) is 35.6 Å². The van der Waals surface area contributed by atoms with Crippen molar-refractivity contribution in [3.05, 3.63) is 21.7 Å². The summed E-state index contributed by atoms with van der Waals surface area (Å²) >= 11 is 5.40. The third-order valence-corrected chi connectivity index (χ3v) is 3.79. The van der Waals surface area contributed by atoms with Crippen LogP contribution in [0.5, 0.6) is 0 Å². The molecule has 0 radical (unpaired) electrons. The normalized spacial score (nSPS) is 20.3. The predicted octanol–water partition coefficient (Wildman–Crippen LogP) is 3.68. The van der Waals surface area contributed by atoms with Gasteiger partial charge in [0.15, 0.2) is 0 Å². The Hall–Kier alpha value is -0.740. The molecule has 1 aromatic heterocycles. The molecule has 4 heteroatoms. The van der Waals surface area contributed by atoms with E-state index in [2.05, 4.69) is 30.7 Å². The average molecular weight is 266 g/mol. The lowest BCUT2D eigenvalue weighted by Crippen LogP contribution is -2.22. The van der Waals surface area contributed by atoms with E-state index in [9.17, 15) is 0 Å². The van der Waals surface area contributed by atoms with Gasteiger partial charge in [0.25, 0.3) is 0 Å². The molecule has 1 aromatic rings. The monoisotopic (exact) mass is 266 g/mol. The second-order valence-electron chi connectivity index (χ2n) is 5.37. The zero-order chi connectivity index (χ0) is 13.1. The van der Waals surface area contributed by atoms with Crippen LogP contribution in [0.1, 0.15) is 56.1 Å². The molecule has 1 saturated heterocycles. The van der Waals surface area contributed by atoms with E-state index < -0.39 is 0 Å². The minimum Gasteiger partial charge on any atom is -0.378 e. The highest BCUT2D eigenvalue weighted by Gasteiger charge is 2.16. The second kappa shape index (κ2) is 5.93. The van der Waals surface area contributed by atoms with Crippen LogP contribution in [-0.2, 0) is 11.2 Å². The quantitative estimate of drug-likeness (QED) is 0.848. The Bertz CT molecular complexity index is 461. The first-order chi connectivity index (χ1) is 8.58. The van der Waals surface area contributed by atoms with Crippen LogP contribution in [0.4, 0.5) is 0 Å². The van der Waals surface area contributed by atoms with Gasteiger partial charge in [0.05, 0.1) is 6.10 Å². The summed E-state index contributed by atoms with van der Waals surface area (Å²) in [6.45, 7) is 7.27. The molecular weight excluding hydrogens is 244 g/mol. The zero-order valence-electron chi connectivity index (χ0n) is 11.5. The first-order valence-electron chi connectivity index (χ1n) is 6.79. The Morgan fingerprint density at radius 2 is 2.22 bits per heavy atom. The molecule has 1 aliphatic rings. The molecule has 2 heterocycles. The molecule has 0 aromatic carbocycles. The molecule has 1 N–H and O–H groups in total. The standard InChI is InChI=1S/C14H22N2OS/c1-9(2)13-10(3)15-12(16-14(13)18)8-11-6-4-5-7-17-11/h9,11H,4-8H2,1-3H3,(H,15,16,18). The fourth-order valence-electron chi connectivity index (χ4n) is 2.62. The Balaban J connectivity index is 2.17. The zero-order valence-corrected chi connectivity index (χ0v) is 12.3. The van der Waals surface area contributed by atoms with Gasteiger partial charge in [0.1, 0.15) is 10.5 Å². The third kappa shape index (κ3) is 3.18. The van der Waals surface area contributed by atoms with E-state index in [1.807, 2.05) is 0 Å². The Morgan fingerprint density at radius 1 is 1.44 bits per heavy atom. The Morgan fingerprint density at radius 3 is 2.78 bits per heavy atom. The van der Waals surface area contributed by atoms with E-state index in [0.29, 0.717) is 12.0 Å². The van der Waals surface area contributed by atoms with Crippen LogP contribution in [0.3, 0.4) is 0 Å². The van der Waals surface area contributed by atoms with Crippen LogP contribution in [0, 0.1) is 11.6 Å². The number of H-pyrrole nitrogens is 1. The molecular formula is C14H22N2OS. The van der Waals surface area contributed by atoms with Gasteiger partial charge < -0.3 is 9.72 Å². The van der Waals surface area contributed by atoms with Crippen molar-refractivity contribution in [2.24, 2.45) is 0 Å². The van der Waals surface area contributed by atoms with Crippen molar-refractivity contribution >= 4 is 12.2 Å². The topological polar surface area (TPSA) is 37.9 Å². The molecule has 1 aliphatic heterocycles.